The fourth-order valence-corrected chi connectivity index (χ4v) is 2.61. The number of hydrogen-bond donors (Lipinski definition) is 1. The highest BCUT2D eigenvalue weighted by Crippen LogP contribution is 2.23. The Hall–Kier alpha value is -2.18. The number of carbonyl (C=O) groups is 2. The molecule has 1 N–H and O–H groups in total. The van der Waals surface area contributed by atoms with E-state index in [9.17, 15) is 23.5 Å². The lowest BCUT2D eigenvalue weighted by Gasteiger charge is -2.33. The molecule has 1 unspecified atom stereocenters. The Kier molecular flexibility index (Phi) is 5.30. The number of likely N-dealkylation sites (tertiary alicyclic amines) is 1. The van der Waals surface area contributed by atoms with Gasteiger partial charge in [-0.15, -0.1) is 0 Å². The number of carboxylic acid groups (broad SMARTS) is 1. The summed E-state index contributed by atoms with van der Waals surface area (Å²) >= 11 is 0. The fourth-order valence-electron chi connectivity index (χ4n) is 2.61. The Labute approximate surface area is 126 Å². The summed E-state index contributed by atoms with van der Waals surface area (Å²) in [6, 6.07) is 5.19. The maximum Gasteiger partial charge on any atom is 0.387 e. The first-order valence-corrected chi connectivity index (χ1v) is 7.04. The molecule has 7 heteroatoms. The zero-order valence-electron chi connectivity index (χ0n) is 11.9. The van der Waals surface area contributed by atoms with Crippen LogP contribution in [0.2, 0.25) is 0 Å². The number of amides is 1. The van der Waals surface area contributed by atoms with Crippen LogP contribution in [-0.2, 0) is 16.0 Å². The van der Waals surface area contributed by atoms with Gasteiger partial charge in [0.15, 0.2) is 0 Å². The van der Waals surface area contributed by atoms with Gasteiger partial charge in [-0.1, -0.05) is 18.2 Å². The number of para-hydroxylation sites is 1. The summed E-state index contributed by atoms with van der Waals surface area (Å²) in [4.78, 5) is 24.9. The molecule has 0 spiro atoms. The van der Waals surface area contributed by atoms with Crippen molar-refractivity contribution in [3.05, 3.63) is 29.8 Å². The van der Waals surface area contributed by atoms with E-state index in [0.717, 1.165) is 12.8 Å². The summed E-state index contributed by atoms with van der Waals surface area (Å²) in [5, 5.41) is 9.18. The van der Waals surface area contributed by atoms with Gasteiger partial charge in [0.25, 0.3) is 0 Å². The number of halogens is 2. The molecule has 120 valence electrons. The first kappa shape index (κ1) is 16.2. The third-order valence-electron chi connectivity index (χ3n) is 3.64. The second-order valence-electron chi connectivity index (χ2n) is 5.10. The summed E-state index contributed by atoms with van der Waals surface area (Å²) in [6.07, 6.45) is 1.75. The minimum absolute atomic E-state index is 0.0604. The number of rotatable bonds is 5. The zero-order valence-corrected chi connectivity index (χ0v) is 11.9. The molecule has 1 aromatic carbocycles. The van der Waals surface area contributed by atoms with Crippen LogP contribution in [0.25, 0.3) is 0 Å². The molecular formula is C15H17F2NO4. The average Bonchev–Trinajstić information content (AvgIpc) is 2.48. The Balaban J connectivity index is 2.12. The quantitative estimate of drug-likeness (QED) is 0.906. The third kappa shape index (κ3) is 3.93. The van der Waals surface area contributed by atoms with E-state index in [1.807, 2.05) is 0 Å². The van der Waals surface area contributed by atoms with Crippen LogP contribution in [0.15, 0.2) is 24.3 Å². The summed E-state index contributed by atoms with van der Waals surface area (Å²) in [6.45, 7) is -2.61. The largest absolute Gasteiger partial charge is 0.480 e. The second kappa shape index (κ2) is 7.20. The lowest BCUT2D eigenvalue weighted by Crippen LogP contribution is -2.48. The number of aliphatic carboxylic acids is 1. The van der Waals surface area contributed by atoms with E-state index in [1.54, 1.807) is 6.07 Å². The molecule has 0 bridgehead atoms. The number of piperidine rings is 1. The van der Waals surface area contributed by atoms with E-state index in [4.69, 9.17) is 0 Å². The van der Waals surface area contributed by atoms with E-state index in [0.29, 0.717) is 18.5 Å². The van der Waals surface area contributed by atoms with E-state index in [-0.39, 0.29) is 12.2 Å². The first-order valence-electron chi connectivity index (χ1n) is 7.04. The zero-order chi connectivity index (χ0) is 16.1. The summed E-state index contributed by atoms with van der Waals surface area (Å²) in [7, 11) is 0. The van der Waals surface area contributed by atoms with Crippen LogP contribution in [0, 0.1) is 0 Å². The smallest absolute Gasteiger partial charge is 0.387 e. The van der Waals surface area contributed by atoms with Gasteiger partial charge < -0.3 is 14.7 Å². The number of carbonyl (C=O) groups excluding carboxylic acids is 1. The molecule has 1 saturated heterocycles. The molecule has 1 aliphatic heterocycles. The molecule has 1 atom stereocenters. The molecule has 1 heterocycles. The van der Waals surface area contributed by atoms with Crippen molar-refractivity contribution in [3.63, 3.8) is 0 Å². The minimum atomic E-state index is -2.97. The molecule has 0 aromatic heterocycles. The van der Waals surface area contributed by atoms with Crippen LogP contribution < -0.4 is 4.74 Å². The van der Waals surface area contributed by atoms with E-state index in [2.05, 4.69) is 4.74 Å². The monoisotopic (exact) mass is 313 g/mol. The van der Waals surface area contributed by atoms with Crippen molar-refractivity contribution in [1.82, 2.24) is 4.90 Å². The summed E-state index contributed by atoms with van der Waals surface area (Å²) in [5.74, 6) is -1.49. The predicted octanol–water partition coefficient (Wildman–Crippen LogP) is 2.30. The third-order valence-corrected chi connectivity index (χ3v) is 3.64. The maximum absolute atomic E-state index is 12.4. The van der Waals surface area contributed by atoms with Gasteiger partial charge in [0.2, 0.25) is 5.91 Å². The van der Waals surface area contributed by atoms with Crippen molar-refractivity contribution < 1.29 is 28.2 Å². The molecule has 0 saturated carbocycles. The van der Waals surface area contributed by atoms with Crippen molar-refractivity contribution in [2.75, 3.05) is 6.54 Å². The normalized spacial score (nSPS) is 18.3. The highest BCUT2D eigenvalue weighted by Gasteiger charge is 2.32. The van der Waals surface area contributed by atoms with Crippen LogP contribution in [0.5, 0.6) is 5.75 Å². The van der Waals surface area contributed by atoms with Crippen LogP contribution in [0.1, 0.15) is 24.8 Å². The second-order valence-corrected chi connectivity index (χ2v) is 5.10. The van der Waals surface area contributed by atoms with Crippen molar-refractivity contribution in [2.24, 2.45) is 0 Å². The van der Waals surface area contributed by atoms with Gasteiger partial charge in [0, 0.05) is 12.1 Å². The van der Waals surface area contributed by atoms with Gasteiger partial charge in [-0.3, -0.25) is 4.79 Å². The lowest BCUT2D eigenvalue weighted by atomic mass is 10.0. The summed E-state index contributed by atoms with van der Waals surface area (Å²) < 4.78 is 29.1. The standard InChI is InChI=1S/C15H17F2NO4/c16-15(17)22-12-7-2-1-5-10(12)9-13(19)18-8-4-3-6-11(18)14(20)21/h1-2,5,7,11,15H,3-4,6,8-9H2,(H,20,21). The van der Waals surface area contributed by atoms with Gasteiger partial charge in [0.05, 0.1) is 6.42 Å². The van der Waals surface area contributed by atoms with Crippen LogP contribution in [0.4, 0.5) is 8.78 Å². The number of benzene rings is 1. The SMILES string of the molecule is O=C(O)C1CCCCN1C(=O)Cc1ccccc1OC(F)F. The molecule has 0 radical (unpaired) electrons. The van der Waals surface area contributed by atoms with Crippen molar-refractivity contribution in [1.29, 1.82) is 0 Å². The highest BCUT2D eigenvalue weighted by molar-refractivity contribution is 5.85. The van der Waals surface area contributed by atoms with Crippen LogP contribution >= 0.6 is 0 Å². The van der Waals surface area contributed by atoms with Crippen molar-refractivity contribution in [3.8, 4) is 5.75 Å². The van der Waals surface area contributed by atoms with Gasteiger partial charge in [-0.25, -0.2) is 4.79 Å². The number of carboxylic acids is 1. The van der Waals surface area contributed by atoms with Crippen LogP contribution in [0.3, 0.4) is 0 Å². The predicted molar refractivity (Wildman–Crippen MR) is 73.8 cm³/mol. The van der Waals surface area contributed by atoms with Crippen LogP contribution in [-0.4, -0.2) is 41.1 Å². The molecular weight excluding hydrogens is 296 g/mol. The van der Waals surface area contributed by atoms with Gasteiger partial charge >= 0.3 is 12.6 Å². The Bertz CT molecular complexity index is 550. The number of nitrogens with zero attached hydrogens (tertiary/aromatic N) is 1. The van der Waals surface area contributed by atoms with Gasteiger partial charge in [-0.2, -0.15) is 8.78 Å². The molecule has 5 nitrogen and oxygen atoms in total. The topological polar surface area (TPSA) is 66.8 Å². The number of alkyl halides is 2. The highest BCUT2D eigenvalue weighted by atomic mass is 19.3. The summed E-state index contributed by atoms with van der Waals surface area (Å²) in [5.41, 5.74) is 0.322. The van der Waals surface area contributed by atoms with Crippen molar-refractivity contribution in [2.45, 2.75) is 38.3 Å². The van der Waals surface area contributed by atoms with Crippen molar-refractivity contribution >= 4 is 11.9 Å². The molecule has 2 rings (SSSR count). The molecule has 22 heavy (non-hydrogen) atoms. The number of ether oxygens (including phenoxy) is 1. The van der Waals surface area contributed by atoms with E-state index >= 15 is 0 Å². The first-order chi connectivity index (χ1) is 10.5. The Morgan fingerprint density at radius 2 is 2.05 bits per heavy atom. The fraction of sp³-hybridized carbons (Fsp3) is 0.467. The Morgan fingerprint density at radius 3 is 2.73 bits per heavy atom. The Morgan fingerprint density at radius 1 is 1.32 bits per heavy atom. The molecule has 0 aliphatic carbocycles. The molecule has 1 aromatic rings. The van der Waals surface area contributed by atoms with E-state index in [1.165, 1.54) is 23.1 Å². The van der Waals surface area contributed by atoms with Gasteiger partial charge in [0.1, 0.15) is 11.8 Å². The van der Waals surface area contributed by atoms with Gasteiger partial charge in [-0.05, 0) is 25.3 Å². The number of hydrogen-bond acceptors (Lipinski definition) is 3. The molecule has 1 fully saturated rings. The lowest BCUT2D eigenvalue weighted by molar-refractivity contribution is -0.151. The molecule has 1 amide bonds. The minimum Gasteiger partial charge on any atom is -0.480 e. The van der Waals surface area contributed by atoms with E-state index < -0.39 is 24.5 Å². The maximum atomic E-state index is 12.4. The average molecular weight is 313 g/mol. The molecule has 1 aliphatic rings.